The maximum absolute atomic E-state index is 13.2. The van der Waals surface area contributed by atoms with Gasteiger partial charge in [-0.3, -0.25) is 4.40 Å². The number of anilines is 1. The van der Waals surface area contributed by atoms with E-state index in [1.807, 2.05) is 13.0 Å². The minimum absolute atomic E-state index is 0.0783. The lowest BCUT2D eigenvalue weighted by Gasteiger charge is -2.35. The first-order valence-electron chi connectivity index (χ1n) is 10.1. The third-order valence-electron chi connectivity index (χ3n) is 5.53. The van der Waals surface area contributed by atoms with Crippen LogP contribution in [0.1, 0.15) is 43.0 Å². The normalized spacial score (nSPS) is 19.5. The minimum Gasteiger partial charge on any atom is -0.355 e. The second-order valence-corrected chi connectivity index (χ2v) is 8.00. The minimum atomic E-state index is -2.56. The van der Waals surface area contributed by atoms with Crippen molar-refractivity contribution >= 4 is 11.5 Å². The molecule has 1 aliphatic heterocycles. The van der Waals surface area contributed by atoms with Gasteiger partial charge in [0.1, 0.15) is 17.2 Å². The van der Waals surface area contributed by atoms with E-state index in [0.29, 0.717) is 41.3 Å². The quantitative estimate of drug-likeness (QED) is 0.488. The molecule has 1 saturated heterocycles. The number of halogens is 2. The van der Waals surface area contributed by atoms with Crippen molar-refractivity contribution in [3.63, 3.8) is 0 Å². The Morgan fingerprint density at radius 1 is 1.13 bits per heavy atom. The third-order valence-corrected chi connectivity index (χ3v) is 5.53. The molecule has 0 spiro atoms. The number of rotatable bonds is 4. The van der Waals surface area contributed by atoms with E-state index in [1.54, 1.807) is 22.9 Å². The molecule has 5 rings (SSSR count). The lowest BCUT2D eigenvalue weighted by atomic mass is 9.90. The van der Waals surface area contributed by atoms with Crippen LogP contribution in [0.2, 0.25) is 0 Å². The number of hydrogen-bond donors (Lipinski definition) is 0. The van der Waals surface area contributed by atoms with Crippen molar-refractivity contribution < 1.29 is 13.3 Å². The molecular formula is C21H21F2N7O. The van der Waals surface area contributed by atoms with Crippen molar-refractivity contribution in [2.75, 3.05) is 18.0 Å². The summed E-state index contributed by atoms with van der Waals surface area (Å²) in [6.07, 6.45) is 3.06. The molecule has 4 aromatic heterocycles. The molecule has 0 saturated carbocycles. The van der Waals surface area contributed by atoms with E-state index < -0.39 is 6.43 Å². The summed E-state index contributed by atoms with van der Waals surface area (Å²) in [5.41, 5.74) is 1.05. The molecule has 5 heterocycles. The fourth-order valence-electron chi connectivity index (χ4n) is 4.14. The molecule has 4 aromatic rings. The monoisotopic (exact) mass is 425 g/mol. The molecule has 10 heteroatoms. The maximum atomic E-state index is 13.2. The highest BCUT2D eigenvalue weighted by Gasteiger charge is 2.30. The molecule has 0 bridgehead atoms. The van der Waals surface area contributed by atoms with Crippen molar-refractivity contribution in [1.29, 1.82) is 0 Å². The van der Waals surface area contributed by atoms with Gasteiger partial charge in [-0.05, 0) is 37.5 Å². The van der Waals surface area contributed by atoms with Crippen LogP contribution in [0.25, 0.3) is 17.2 Å². The van der Waals surface area contributed by atoms with Crippen molar-refractivity contribution in [3.05, 3.63) is 54.1 Å². The van der Waals surface area contributed by atoms with Gasteiger partial charge in [-0.15, -0.1) is 0 Å². The van der Waals surface area contributed by atoms with Gasteiger partial charge in [0.15, 0.2) is 11.6 Å². The van der Waals surface area contributed by atoms with Gasteiger partial charge in [-0.25, -0.2) is 23.7 Å². The van der Waals surface area contributed by atoms with Gasteiger partial charge in [0.25, 0.3) is 6.43 Å². The number of pyridine rings is 1. The number of aryl methyl sites for hydroxylation is 1. The molecule has 0 aliphatic carbocycles. The van der Waals surface area contributed by atoms with Crippen LogP contribution in [0, 0.1) is 12.8 Å². The average Bonchev–Trinajstić information content (AvgIpc) is 3.39. The van der Waals surface area contributed by atoms with Crippen LogP contribution in [0.5, 0.6) is 0 Å². The number of hydrogen-bond acceptors (Lipinski definition) is 7. The molecule has 160 valence electrons. The molecule has 1 aliphatic rings. The molecule has 8 nitrogen and oxygen atoms in total. The fourth-order valence-corrected chi connectivity index (χ4v) is 4.14. The molecule has 2 atom stereocenters. The zero-order valence-corrected chi connectivity index (χ0v) is 17.1. The highest BCUT2D eigenvalue weighted by atomic mass is 19.3. The van der Waals surface area contributed by atoms with Gasteiger partial charge < -0.3 is 9.42 Å². The number of fused-ring (bicyclic) bond motifs is 1. The van der Waals surface area contributed by atoms with Crippen LogP contribution < -0.4 is 4.90 Å². The topological polar surface area (TPSA) is 85.2 Å². The van der Waals surface area contributed by atoms with E-state index in [4.69, 9.17) is 9.51 Å². The summed E-state index contributed by atoms with van der Waals surface area (Å²) in [5.74, 6) is 2.99. The Hall–Kier alpha value is -3.43. The zero-order chi connectivity index (χ0) is 21.5. The van der Waals surface area contributed by atoms with Crippen molar-refractivity contribution in [3.8, 4) is 11.5 Å². The van der Waals surface area contributed by atoms with Crippen LogP contribution in [0.15, 0.2) is 41.3 Å². The first-order valence-corrected chi connectivity index (χ1v) is 10.1. The van der Waals surface area contributed by atoms with Gasteiger partial charge in [-0.2, -0.15) is 4.98 Å². The Kier molecular flexibility index (Phi) is 4.84. The molecule has 0 amide bonds. The van der Waals surface area contributed by atoms with Crippen molar-refractivity contribution in [2.24, 2.45) is 5.92 Å². The van der Waals surface area contributed by atoms with E-state index in [0.717, 1.165) is 18.8 Å². The summed E-state index contributed by atoms with van der Waals surface area (Å²) in [6, 6.07) is 4.80. The standard InChI is InChI=1S/C21H21F2N7O/c1-12-7-15(21-26-13(2)28-31-21)10-29(9-12)18-5-6-24-20(27-18)16-8-25-17-4-3-14(19(22)23)11-30(16)17/h3-6,8,11-12,15,19H,7,9-10H2,1-2H3/t12-,15+/m0/s1. The summed E-state index contributed by atoms with van der Waals surface area (Å²) in [7, 11) is 0. The molecule has 0 N–H and O–H groups in total. The highest BCUT2D eigenvalue weighted by molar-refractivity contribution is 5.59. The molecule has 1 fully saturated rings. The first kappa shape index (κ1) is 19.5. The number of nitrogens with zero attached hydrogens (tertiary/aromatic N) is 7. The summed E-state index contributed by atoms with van der Waals surface area (Å²) in [5, 5.41) is 3.92. The Labute approximate surface area is 177 Å². The molecule has 0 aromatic carbocycles. The van der Waals surface area contributed by atoms with Gasteiger partial charge in [0.05, 0.1) is 12.1 Å². The lowest BCUT2D eigenvalue weighted by molar-refractivity contribution is 0.151. The summed E-state index contributed by atoms with van der Waals surface area (Å²) in [4.78, 5) is 20.0. The predicted octanol–water partition coefficient (Wildman–Crippen LogP) is 4.05. The van der Waals surface area contributed by atoms with Crippen molar-refractivity contribution in [2.45, 2.75) is 32.6 Å². The van der Waals surface area contributed by atoms with E-state index in [2.05, 4.69) is 31.9 Å². The molecule has 0 radical (unpaired) electrons. The van der Waals surface area contributed by atoms with E-state index in [-0.39, 0.29) is 11.5 Å². The Morgan fingerprint density at radius 3 is 2.77 bits per heavy atom. The van der Waals surface area contributed by atoms with Crippen LogP contribution >= 0.6 is 0 Å². The zero-order valence-electron chi connectivity index (χ0n) is 17.1. The van der Waals surface area contributed by atoms with Crippen LogP contribution in [0.3, 0.4) is 0 Å². The number of aromatic nitrogens is 6. The smallest absolute Gasteiger partial charge is 0.265 e. The van der Waals surface area contributed by atoms with Crippen LogP contribution in [-0.2, 0) is 0 Å². The third kappa shape index (κ3) is 3.73. The largest absolute Gasteiger partial charge is 0.355 e. The average molecular weight is 425 g/mol. The first-order chi connectivity index (χ1) is 15.0. The maximum Gasteiger partial charge on any atom is 0.265 e. The summed E-state index contributed by atoms with van der Waals surface area (Å²) >= 11 is 0. The van der Waals surface area contributed by atoms with Crippen LogP contribution in [0.4, 0.5) is 14.6 Å². The van der Waals surface area contributed by atoms with Crippen LogP contribution in [-0.4, -0.2) is 42.6 Å². The molecular weight excluding hydrogens is 404 g/mol. The highest BCUT2D eigenvalue weighted by Crippen LogP contribution is 2.32. The van der Waals surface area contributed by atoms with E-state index >= 15 is 0 Å². The lowest BCUT2D eigenvalue weighted by Crippen LogP contribution is -2.39. The Balaban J connectivity index is 1.48. The predicted molar refractivity (Wildman–Crippen MR) is 109 cm³/mol. The molecule has 31 heavy (non-hydrogen) atoms. The Morgan fingerprint density at radius 2 is 2.00 bits per heavy atom. The number of piperidine rings is 1. The van der Waals surface area contributed by atoms with Gasteiger partial charge >= 0.3 is 0 Å². The van der Waals surface area contributed by atoms with Gasteiger partial charge in [0, 0.05) is 31.0 Å². The van der Waals surface area contributed by atoms with Gasteiger partial charge in [0.2, 0.25) is 5.89 Å². The summed E-state index contributed by atoms with van der Waals surface area (Å²) in [6.45, 7) is 5.53. The summed E-state index contributed by atoms with van der Waals surface area (Å²) < 4.78 is 33.3. The fraction of sp³-hybridized carbons (Fsp3) is 0.381. The number of alkyl halides is 2. The second kappa shape index (κ2) is 7.68. The van der Waals surface area contributed by atoms with Crippen molar-refractivity contribution in [1.82, 2.24) is 29.5 Å². The van der Waals surface area contributed by atoms with E-state index in [9.17, 15) is 8.78 Å². The SMILES string of the molecule is Cc1noc([C@@H]2C[C@H](C)CN(c3ccnc(-c4cnc5ccc(C(F)F)cn45)n3)C2)n1. The van der Waals surface area contributed by atoms with Gasteiger partial charge in [-0.1, -0.05) is 12.1 Å². The number of imidazole rings is 1. The second-order valence-electron chi connectivity index (χ2n) is 8.00. The van der Waals surface area contributed by atoms with E-state index in [1.165, 1.54) is 12.3 Å². The molecule has 0 unspecified atom stereocenters. The Bertz CT molecular complexity index is 1220.